The molecule has 0 spiro atoms. The van der Waals surface area contributed by atoms with Gasteiger partial charge in [-0.15, -0.1) is 0 Å². The van der Waals surface area contributed by atoms with Gasteiger partial charge in [-0.2, -0.15) is 0 Å². The van der Waals surface area contributed by atoms with E-state index in [0.29, 0.717) is 24.8 Å². The molecule has 1 saturated carbocycles. The highest BCUT2D eigenvalue weighted by atomic mass is 19.3. The van der Waals surface area contributed by atoms with Crippen LogP contribution in [-0.4, -0.2) is 28.1 Å². The van der Waals surface area contributed by atoms with E-state index in [2.05, 4.69) is 17.2 Å². The molecule has 5 heteroatoms. The monoisotopic (exact) mass is 285 g/mol. The molecule has 0 aliphatic heterocycles. The lowest BCUT2D eigenvalue weighted by molar-refractivity contribution is -0.0498. The molecule has 0 bridgehead atoms. The molecule has 0 amide bonds. The van der Waals surface area contributed by atoms with Crippen molar-refractivity contribution in [3.63, 3.8) is 0 Å². The maximum absolute atomic E-state index is 13.3. The van der Waals surface area contributed by atoms with Crippen LogP contribution in [0.4, 0.5) is 8.78 Å². The van der Waals surface area contributed by atoms with E-state index in [-0.39, 0.29) is 12.8 Å². The van der Waals surface area contributed by atoms with Crippen LogP contribution in [0.5, 0.6) is 0 Å². The fourth-order valence-corrected chi connectivity index (χ4v) is 3.15. The van der Waals surface area contributed by atoms with Gasteiger partial charge in [0.1, 0.15) is 5.82 Å². The highest BCUT2D eigenvalue weighted by Crippen LogP contribution is 2.38. The van der Waals surface area contributed by atoms with Gasteiger partial charge in [-0.1, -0.05) is 6.92 Å². The summed E-state index contributed by atoms with van der Waals surface area (Å²) in [6, 6.07) is 0.327. The van der Waals surface area contributed by atoms with E-state index in [4.69, 9.17) is 0 Å². The summed E-state index contributed by atoms with van der Waals surface area (Å²) in [6.07, 6.45) is 6.96. The van der Waals surface area contributed by atoms with Crippen LogP contribution in [-0.2, 0) is 13.5 Å². The van der Waals surface area contributed by atoms with Crippen LogP contribution in [0.15, 0.2) is 12.4 Å². The minimum atomic E-state index is -2.44. The first-order valence-electron chi connectivity index (χ1n) is 7.59. The first-order chi connectivity index (χ1) is 9.52. The second-order valence-electron chi connectivity index (χ2n) is 5.85. The number of nitrogens with one attached hydrogen (secondary N) is 1. The van der Waals surface area contributed by atoms with Crippen molar-refractivity contribution in [1.29, 1.82) is 0 Å². The molecule has 0 saturated heterocycles. The lowest BCUT2D eigenvalue weighted by atomic mass is 9.80. The molecule has 1 unspecified atom stereocenters. The van der Waals surface area contributed by atoms with Crippen molar-refractivity contribution < 1.29 is 8.78 Å². The SMILES string of the molecule is CCNC(CCc1nccn1C)C1CCC(F)(F)CC1. The van der Waals surface area contributed by atoms with Gasteiger partial charge in [0.15, 0.2) is 0 Å². The predicted molar refractivity (Wildman–Crippen MR) is 75.9 cm³/mol. The molecule has 1 fully saturated rings. The molecule has 1 aliphatic carbocycles. The van der Waals surface area contributed by atoms with Gasteiger partial charge in [0.2, 0.25) is 5.92 Å². The Bertz CT molecular complexity index is 407. The molecule has 2 rings (SSSR count). The number of imidazole rings is 1. The number of alkyl halides is 2. The fraction of sp³-hybridized carbons (Fsp3) is 0.800. The lowest BCUT2D eigenvalue weighted by Gasteiger charge is -2.34. The summed E-state index contributed by atoms with van der Waals surface area (Å²) in [5.41, 5.74) is 0. The quantitative estimate of drug-likeness (QED) is 0.870. The third-order valence-corrected chi connectivity index (χ3v) is 4.40. The van der Waals surface area contributed by atoms with Gasteiger partial charge in [-0.3, -0.25) is 0 Å². The number of hydrogen-bond donors (Lipinski definition) is 1. The van der Waals surface area contributed by atoms with Crippen LogP contribution in [0.1, 0.15) is 44.9 Å². The molecule has 1 N–H and O–H groups in total. The van der Waals surface area contributed by atoms with Gasteiger partial charge in [0, 0.05) is 44.7 Å². The van der Waals surface area contributed by atoms with Crippen LogP contribution in [0.3, 0.4) is 0 Å². The number of hydrogen-bond acceptors (Lipinski definition) is 2. The van der Waals surface area contributed by atoms with Crippen molar-refractivity contribution in [2.45, 2.75) is 57.4 Å². The summed E-state index contributed by atoms with van der Waals surface area (Å²) in [6.45, 7) is 2.96. The van der Waals surface area contributed by atoms with E-state index in [9.17, 15) is 8.78 Å². The zero-order valence-electron chi connectivity index (χ0n) is 12.4. The number of nitrogens with zero attached hydrogens (tertiary/aromatic N) is 2. The number of aromatic nitrogens is 2. The molecule has 0 radical (unpaired) electrons. The lowest BCUT2D eigenvalue weighted by Crippen LogP contribution is -2.40. The van der Waals surface area contributed by atoms with Crippen molar-refractivity contribution >= 4 is 0 Å². The highest BCUT2D eigenvalue weighted by molar-refractivity contribution is 4.93. The molecule has 1 aromatic heterocycles. The Labute approximate surface area is 119 Å². The summed E-state index contributed by atoms with van der Waals surface area (Å²) in [7, 11) is 1.99. The molecular formula is C15H25F2N3. The van der Waals surface area contributed by atoms with Gasteiger partial charge in [0.25, 0.3) is 0 Å². The van der Waals surface area contributed by atoms with Gasteiger partial charge in [-0.25, -0.2) is 13.8 Å². The molecule has 1 atom stereocenters. The normalized spacial score (nSPS) is 21.0. The Kier molecular flexibility index (Phi) is 5.13. The average molecular weight is 285 g/mol. The van der Waals surface area contributed by atoms with Crippen molar-refractivity contribution in [2.75, 3.05) is 6.54 Å². The predicted octanol–water partition coefficient (Wildman–Crippen LogP) is 3.16. The summed E-state index contributed by atoms with van der Waals surface area (Å²) in [5.74, 6) is -1.00. The smallest absolute Gasteiger partial charge is 0.248 e. The first-order valence-corrected chi connectivity index (χ1v) is 7.59. The zero-order chi connectivity index (χ0) is 14.6. The molecule has 114 valence electrons. The third kappa shape index (κ3) is 4.01. The van der Waals surface area contributed by atoms with E-state index in [1.54, 1.807) is 6.20 Å². The van der Waals surface area contributed by atoms with E-state index in [0.717, 1.165) is 25.2 Å². The number of aryl methyl sites for hydroxylation is 2. The highest BCUT2D eigenvalue weighted by Gasteiger charge is 2.37. The molecule has 0 aromatic carbocycles. The van der Waals surface area contributed by atoms with Gasteiger partial charge < -0.3 is 9.88 Å². The summed E-state index contributed by atoms with van der Waals surface area (Å²) in [4.78, 5) is 4.33. The van der Waals surface area contributed by atoms with Gasteiger partial charge in [0.05, 0.1) is 0 Å². The molecule has 1 heterocycles. The van der Waals surface area contributed by atoms with Gasteiger partial charge in [-0.05, 0) is 31.7 Å². The van der Waals surface area contributed by atoms with E-state index >= 15 is 0 Å². The minimum absolute atomic E-state index is 0.0436. The summed E-state index contributed by atoms with van der Waals surface area (Å²) in [5, 5.41) is 3.48. The van der Waals surface area contributed by atoms with Crippen molar-refractivity contribution in [1.82, 2.24) is 14.9 Å². The summed E-state index contributed by atoms with van der Waals surface area (Å²) >= 11 is 0. The van der Waals surface area contributed by atoms with Crippen LogP contribution >= 0.6 is 0 Å². The van der Waals surface area contributed by atoms with Gasteiger partial charge >= 0.3 is 0 Å². The first kappa shape index (κ1) is 15.4. The topological polar surface area (TPSA) is 29.9 Å². The molecule has 20 heavy (non-hydrogen) atoms. The van der Waals surface area contributed by atoms with Crippen molar-refractivity contribution in [2.24, 2.45) is 13.0 Å². The van der Waals surface area contributed by atoms with Crippen LogP contribution in [0.25, 0.3) is 0 Å². The average Bonchev–Trinajstić information content (AvgIpc) is 2.80. The Morgan fingerprint density at radius 3 is 2.70 bits per heavy atom. The Morgan fingerprint density at radius 1 is 1.45 bits per heavy atom. The largest absolute Gasteiger partial charge is 0.338 e. The minimum Gasteiger partial charge on any atom is -0.338 e. The molecule has 3 nitrogen and oxygen atoms in total. The Morgan fingerprint density at radius 2 is 2.15 bits per heavy atom. The summed E-state index contributed by atoms with van der Waals surface area (Å²) < 4.78 is 28.5. The fourth-order valence-electron chi connectivity index (χ4n) is 3.15. The van der Waals surface area contributed by atoms with Crippen LogP contribution in [0.2, 0.25) is 0 Å². The van der Waals surface area contributed by atoms with E-state index < -0.39 is 5.92 Å². The van der Waals surface area contributed by atoms with E-state index in [1.165, 1.54) is 0 Å². The number of halogens is 2. The maximum atomic E-state index is 13.3. The Balaban J connectivity index is 1.89. The van der Waals surface area contributed by atoms with Crippen molar-refractivity contribution in [3.8, 4) is 0 Å². The zero-order valence-corrected chi connectivity index (χ0v) is 12.4. The second-order valence-corrected chi connectivity index (χ2v) is 5.85. The second kappa shape index (κ2) is 6.66. The standard InChI is InChI=1S/C15H25F2N3/c1-3-18-13(4-5-14-19-10-11-20(14)2)12-6-8-15(16,17)9-7-12/h10-13,18H,3-9H2,1-2H3. The third-order valence-electron chi connectivity index (χ3n) is 4.40. The number of rotatable bonds is 6. The van der Waals surface area contributed by atoms with Crippen LogP contribution < -0.4 is 5.32 Å². The maximum Gasteiger partial charge on any atom is 0.248 e. The van der Waals surface area contributed by atoms with Crippen molar-refractivity contribution in [3.05, 3.63) is 18.2 Å². The Hall–Kier alpha value is -0.970. The molecule has 1 aromatic rings. The molecule has 1 aliphatic rings. The van der Waals surface area contributed by atoms with Crippen LogP contribution in [0, 0.1) is 5.92 Å². The molecular weight excluding hydrogens is 260 g/mol. The van der Waals surface area contributed by atoms with E-state index in [1.807, 2.05) is 17.8 Å².